The molecule has 0 spiro atoms. The summed E-state index contributed by atoms with van der Waals surface area (Å²) < 4.78 is 5.78. The zero-order valence-electron chi connectivity index (χ0n) is 8.04. The fourth-order valence-corrected chi connectivity index (χ4v) is 2.37. The molecule has 1 saturated heterocycles. The molecule has 74 valence electrons. The Morgan fingerprint density at radius 1 is 1.46 bits per heavy atom. The summed E-state index contributed by atoms with van der Waals surface area (Å²) in [7, 11) is 0. The first-order valence-electron chi connectivity index (χ1n) is 5.33. The quantitative estimate of drug-likeness (QED) is 0.627. The Kier molecular flexibility index (Phi) is 3.01. The van der Waals surface area contributed by atoms with E-state index in [9.17, 15) is 5.11 Å². The monoisotopic (exact) mass is 182 g/mol. The van der Waals surface area contributed by atoms with Gasteiger partial charge in [0.2, 0.25) is 0 Å². The highest BCUT2D eigenvalue weighted by atomic mass is 16.5. The Bertz CT molecular complexity index is 198. The number of aliphatic hydroxyl groups excluding tert-OH is 1. The van der Waals surface area contributed by atoms with E-state index < -0.39 is 0 Å². The zero-order chi connectivity index (χ0) is 9.10. The first-order valence-corrected chi connectivity index (χ1v) is 5.33. The van der Waals surface area contributed by atoms with Crippen molar-refractivity contribution in [1.29, 1.82) is 0 Å². The number of hydrogen-bond acceptors (Lipinski definition) is 2. The van der Waals surface area contributed by atoms with E-state index in [1.165, 1.54) is 24.8 Å². The van der Waals surface area contributed by atoms with Gasteiger partial charge in [0.15, 0.2) is 0 Å². The molecular weight excluding hydrogens is 164 g/mol. The standard InChI is InChI=1S/C11H18O2/c12-8-10-6-3-5-9-4-1-2-7-13-11(9)10/h5,10-12H,1-4,6-8H2. The van der Waals surface area contributed by atoms with Gasteiger partial charge in [-0.1, -0.05) is 6.08 Å². The fourth-order valence-electron chi connectivity index (χ4n) is 2.37. The Morgan fingerprint density at radius 3 is 3.23 bits per heavy atom. The summed E-state index contributed by atoms with van der Waals surface area (Å²) in [6.45, 7) is 1.15. The SMILES string of the molecule is OCC1CCC=C2CCCCOC21. The minimum Gasteiger partial charge on any atom is -0.396 e. The lowest BCUT2D eigenvalue weighted by molar-refractivity contribution is 0.0139. The van der Waals surface area contributed by atoms with Gasteiger partial charge in [0.05, 0.1) is 6.10 Å². The highest BCUT2D eigenvalue weighted by Gasteiger charge is 2.28. The molecule has 0 aromatic heterocycles. The highest BCUT2D eigenvalue weighted by Crippen LogP contribution is 2.32. The van der Waals surface area contributed by atoms with Crippen molar-refractivity contribution in [2.45, 2.75) is 38.2 Å². The molecule has 2 nitrogen and oxygen atoms in total. The van der Waals surface area contributed by atoms with Gasteiger partial charge < -0.3 is 9.84 Å². The van der Waals surface area contributed by atoms with Crippen LogP contribution in [0.15, 0.2) is 11.6 Å². The number of aliphatic hydroxyl groups is 1. The van der Waals surface area contributed by atoms with E-state index in [-0.39, 0.29) is 12.7 Å². The summed E-state index contributed by atoms with van der Waals surface area (Å²) >= 11 is 0. The van der Waals surface area contributed by atoms with Crippen LogP contribution in [0.1, 0.15) is 32.1 Å². The normalized spacial score (nSPS) is 34.7. The van der Waals surface area contributed by atoms with Crippen molar-refractivity contribution >= 4 is 0 Å². The summed E-state index contributed by atoms with van der Waals surface area (Å²) in [5, 5.41) is 9.21. The highest BCUT2D eigenvalue weighted by molar-refractivity contribution is 5.14. The van der Waals surface area contributed by atoms with Crippen molar-refractivity contribution in [2.24, 2.45) is 5.92 Å². The first kappa shape index (κ1) is 9.22. The van der Waals surface area contributed by atoms with Gasteiger partial charge in [-0.2, -0.15) is 0 Å². The fraction of sp³-hybridized carbons (Fsp3) is 0.818. The van der Waals surface area contributed by atoms with Crippen LogP contribution >= 0.6 is 0 Å². The van der Waals surface area contributed by atoms with Crippen molar-refractivity contribution in [3.63, 3.8) is 0 Å². The van der Waals surface area contributed by atoms with Crippen molar-refractivity contribution in [3.8, 4) is 0 Å². The molecule has 1 N–H and O–H groups in total. The number of allylic oxidation sites excluding steroid dienone is 1. The van der Waals surface area contributed by atoms with Crippen LogP contribution in [-0.4, -0.2) is 24.4 Å². The molecule has 0 amide bonds. The lowest BCUT2D eigenvalue weighted by atomic mass is 9.85. The minimum absolute atomic E-state index is 0.237. The van der Waals surface area contributed by atoms with E-state index in [0.717, 1.165) is 19.4 Å². The van der Waals surface area contributed by atoms with Crippen LogP contribution < -0.4 is 0 Å². The number of hydrogen-bond donors (Lipinski definition) is 1. The predicted molar refractivity (Wildman–Crippen MR) is 51.5 cm³/mol. The maximum atomic E-state index is 9.21. The molecule has 0 bridgehead atoms. The van der Waals surface area contributed by atoms with E-state index in [1.807, 2.05) is 0 Å². The van der Waals surface area contributed by atoms with Crippen LogP contribution in [0.25, 0.3) is 0 Å². The molecule has 13 heavy (non-hydrogen) atoms. The molecule has 0 aromatic carbocycles. The predicted octanol–water partition coefficient (Wildman–Crippen LogP) is 1.88. The molecule has 2 heteroatoms. The summed E-state index contributed by atoms with van der Waals surface area (Å²) in [5.41, 5.74) is 1.45. The van der Waals surface area contributed by atoms with Gasteiger partial charge in [0.1, 0.15) is 0 Å². The summed E-state index contributed by atoms with van der Waals surface area (Å²) in [4.78, 5) is 0. The Morgan fingerprint density at radius 2 is 2.38 bits per heavy atom. The molecule has 1 fully saturated rings. The van der Waals surface area contributed by atoms with E-state index in [4.69, 9.17) is 4.74 Å². The molecule has 0 radical (unpaired) electrons. The first-order chi connectivity index (χ1) is 6.42. The summed E-state index contributed by atoms with van der Waals surface area (Å²) in [6, 6.07) is 0. The summed E-state index contributed by atoms with van der Waals surface area (Å²) in [5.74, 6) is 0.359. The minimum atomic E-state index is 0.237. The lowest BCUT2D eigenvalue weighted by Crippen LogP contribution is -2.30. The lowest BCUT2D eigenvalue weighted by Gasteiger charge is -2.30. The van der Waals surface area contributed by atoms with E-state index in [1.54, 1.807) is 0 Å². The van der Waals surface area contributed by atoms with Gasteiger partial charge in [0.25, 0.3) is 0 Å². The second kappa shape index (κ2) is 4.25. The Balaban J connectivity index is 2.10. The molecule has 2 atom stereocenters. The molecule has 0 saturated carbocycles. The van der Waals surface area contributed by atoms with Gasteiger partial charge in [-0.3, -0.25) is 0 Å². The average Bonchev–Trinajstić information content (AvgIpc) is 2.41. The van der Waals surface area contributed by atoms with E-state index >= 15 is 0 Å². The van der Waals surface area contributed by atoms with E-state index in [0.29, 0.717) is 5.92 Å². The van der Waals surface area contributed by atoms with Gasteiger partial charge in [-0.15, -0.1) is 0 Å². The molecule has 1 aliphatic carbocycles. The van der Waals surface area contributed by atoms with E-state index in [2.05, 4.69) is 6.08 Å². The maximum Gasteiger partial charge on any atom is 0.0835 e. The van der Waals surface area contributed by atoms with Crippen LogP contribution in [0.5, 0.6) is 0 Å². The van der Waals surface area contributed by atoms with Crippen LogP contribution in [0.4, 0.5) is 0 Å². The van der Waals surface area contributed by atoms with Gasteiger partial charge >= 0.3 is 0 Å². The maximum absolute atomic E-state index is 9.21. The third-order valence-corrected chi connectivity index (χ3v) is 3.13. The average molecular weight is 182 g/mol. The van der Waals surface area contributed by atoms with Crippen LogP contribution in [0, 0.1) is 5.92 Å². The number of fused-ring (bicyclic) bond motifs is 1. The molecular formula is C11H18O2. The van der Waals surface area contributed by atoms with Gasteiger partial charge in [0, 0.05) is 19.1 Å². The van der Waals surface area contributed by atoms with Crippen molar-refractivity contribution in [1.82, 2.24) is 0 Å². The van der Waals surface area contributed by atoms with Crippen molar-refractivity contribution in [2.75, 3.05) is 13.2 Å². The van der Waals surface area contributed by atoms with Crippen LogP contribution in [0.2, 0.25) is 0 Å². The number of rotatable bonds is 1. The molecule has 1 heterocycles. The molecule has 1 aliphatic heterocycles. The Hall–Kier alpha value is -0.340. The molecule has 2 rings (SSSR count). The van der Waals surface area contributed by atoms with Gasteiger partial charge in [-0.25, -0.2) is 0 Å². The van der Waals surface area contributed by atoms with Crippen molar-refractivity contribution < 1.29 is 9.84 Å². The second-order valence-electron chi connectivity index (χ2n) is 4.05. The van der Waals surface area contributed by atoms with Crippen molar-refractivity contribution in [3.05, 3.63) is 11.6 Å². The zero-order valence-corrected chi connectivity index (χ0v) is 8.04. The molecule has 2 unspecified atom stereocenters. The topological polar surface area (TPSA) is 29.5 Å². The second-order valence-corrected chi connectivity index (χ2v) is 4.05. The molecule has 2 aliphatic rings. The number of ether oxygens (including phenoxy) is 1. The molecule has 0 aromatic rings. The summed E-state index contributed by atoms with van der Waals surface area (Å²) in [6.07, 6.45) is 8.38. The Labute approximate surface area is 79.6 Å². The van der Waals surface area contributed by atoms with Crippen LogP contribution in [0.3, 0.4) is 0 Å². The van der Waals surface area contributed by atoms with Gasteiger partial charge in [-0.05, 0) is 37.7 Å². The third kappa shape index (κ3) is 1.94. The van der Waals surface area contributed by atoms with Crippen LogP contribution in [-0.2, 0) is 4.74 Å². The third-order valence-electron chi connectivity index (χ3n) is 3.13. The smallest absolute Gasteiger partial charge is 0.0835 e. The largest absolute Gasteiger partial charge is 0.396 e.